The minimum atomic E-state index is -0.751. The van der Waals surface area contributed by atoms with E-state index in [1.165, 1.54) is 17.4 Å². The van der Waals surface area contributed by atoms with Gasteiger partial charge in [0.05, 0.1) is 11.1 Å². The molecule has 0 saturated heterocycles. The summed E-state index contributed by atoms with van der Waals surface area (Å²) in [6, 6.07) is 6.58. The molecule has 3 rings (SSSR count). The SMILES string of the molecule is CC(C)(C)c1csc(NC(=O)C2(c3ccccc3F)CCC2)n1. The molecule has 0 spiro atoms. The summed E-state index contributed by atoms with van der Waals surface area (Å²) in [7, 11) is 0. The van der Waals surface area contributed by atoms with Crippen molar-refractivity contribution in [2.75, 3.05) is 5.32 Å². The molecule has 1 amide bonds. The molecule has 0 unspecified atom stereocenters. The van der Waals surface area contributed by atoms with Gasteiger partial charge in [0.1, 0.15) is 5.82 Å². The van der Waals surface area contributed by atoms with E-state index in [1.54, 1.807) is 18.2 Å². The second kappa shape index (κ2) is 5.71. The number of nitrogens with zero attached hydrogens (tertiary/aromatic N) is 1. The van der Waals surface area contributed by atoms with Gasteiger partial charge in [-0.15, -0.1) is 11.3 Å². The van der Waals surface area contributed by atoms with E-state index in [9.17, 15) is 9.18 Å². The number of nitrogens with one attached hydrogen (secondary N) is 1. The van der Waals surface area contributed by atoms with Gasteiger partial charge in [0.15, 0.2) is 5.13 Å². The molecule has 1 heterocycles. The van der Waals surface area contributed by atoms with Crippen molar-refractivity contribution in [3.8, 4) is 0 Å². The molecule has 1 aliphatic carbocycles. The summed E-state index contributed by atoms with van der Waals surface area (Å²) >= 11 is 1.42. The number of halogens is 1. The van der Waals surface area contributed by atoms with E-state index in [0.29, 0.717) is 23.5 Å². The van der Waals surface area contributed by atoms with Crippen molar-refractivity contribution in [2.45, 2.75) is 50.9 Å². The summed E-state index contributed by atoms with van der Waals surface area (Å²) in [5.74, 6) is -0.458. The molecule has 2 aromatic rings. The Labute approximate surface area is 140 Å². The van der Waals surface area contributed by atoms with Gasteiger partial charge in [-0.3, -0.25) is 4.79 Å². The highest BCUT2D eigenvalue weighted by molar-refractivity contribution is 7.14. The van der Waals surface area contributed by atoms with Crippen LogP contribution in [0, 0.1) is 5.82 Å². The fraction of sp³-hybridized carbons (Fsp3) is 0.444. The lowest BCUT2D eigenvalue weighted by Gasteiger charge is -2.40. The third-order valence-corrected chi connectivity index (χ3v) is 5.28. The maximum Gasteiger partial charge on any atom is 0.236 e. The third kappa shape index (κ3) is 2.90. The molecule has 1 fully saturated rings. The highest BCUT2D eigenvalue weighted by Gasteiger charge is 2.47. The maximum absolute atomic E-state index is 14.2. The van der Waals surface area contributed by atoms with E-state index in [4.69, 9.17) is 0 Å². The molecule has 0 aliphatic heterocycles. The molecule has 1 aromatic heterocycles. The molecule has 0 atom stereocenters. The summed E-state index contributed by atoms with van der Waals surface area (Å²) < 4.78 is 14.2. The van der Waals surface area contributed by atoms with Gasteiger partial charge in [-0.1, -0.05) is 45.4 Å². The summed E-state index contributed by atoms with van der Waals surface area (Å²) in [4.78, 5) is 17.3. The van der Waals surface area contributed by atoms with Gasteiger partial charge in [0.2, 0.25) is 5.91 Å². The number of thiazole rings is 1. The van der Waals surface area contributed by atoms with Gasteiger partial charge >= 0.3 is 0 Å². The second-order valence-corrected chi connectivity index (χ2v) is 8.02. The Balaban J connectivity index is 1.84. The Kier molecular flexibility index (Phi) is 4.00. The summed E-state index contributed by atoms with van der Waals surface area (Å²) in [6.07, 6.45) is 2.29. The number of aromatic nitrogens is 1. The van der Waals surface area contributed by atoms with Crippen LogP contribution in [0.5, 0.6) is 0 Å². The van der Waals surface area contributed by atoms with E-state index in [1.807, 2.05) is 5.38 Å². The number of hydrogen-bond acceptors (Lipinski definition) is 3. The number of benzene rings is 1. The van der Waals surface area contributed by atoms with Crippen molar-refractivity contribution in [1.29, 1.82) is 0 Å². The molecule has 1 aliphatic rings. The Bertz CT molecular complexity index is 729. The van der Waals surface area contributed by atoms with Crippen molar-refractivity contribution in [2.24, 2.45) is 0 Å². The van der Waals surface area contributed by atoms with Crippen LogP contribution in [-0.4, -0.2) is 10.9 Å². The van der Waals surface area contributed by atoms with E-state index < -0.39 is 5.41 Å². The van der Waals surface area contributed by atoms with Gasteiger partial charge in [-0.2, -0.15) is 0 Å². The van der Waals surface area contributed by atoms with Crippen molar-refractivity contribution in [1.82, 2.24) is 4.98 Å². The van der Waals surface area contributed by atoms with Crippen LogP contribution < -0.4 is 5.32 Å². The predicted octanol–water partition coefficient (Wildman–Crippen LogP) is 4.64. The summed E-state index contributed by atoms with van der Waals surface area (Å²) in [5.41, 5.74) is 0.639. The van der Waals surface area contributed by atoms with Crippen LogP contribution in [0.2, 0.25) is 0 Å². The highest BCUT2D eigenvalue weighted by Crippen LogP contribution is 2.45. The molecule has 1 N–H and O–H groups in total. The zero-order chi connectivity index (χ0) is 16.7. The third-order valence-electron chi connectivity index (χ3n) is 4.52. The van der Waals surface area contributed by atoms with Gasteiger partial charge in [0, 0.05) is 16.4 Å². The van der Waals surface area contributed by atoms with Crippen molar-refractivity contribution >= 4 is 22.4 Å². The van der Waals surface area contributed by atoms with E-state index >= 15 is 0 Å². The van der Waals surface area contributed by atoms with Crippen molar-refractivity contribution < 1.29 is 9.18 Å². The number of amides is 1. The number of carbonyl (C=O) groups is 1. The Morgan fingerprint density at radius 2 is 2.00 bits per heavy atom. The molecule has 122 valence electrons. The fourth-order valence-electron chi connectivity index (χ4n) is 2.89. The van der Waals surface area contributed by atoms with Crippen LogP contribution in [0.3, 0.4) is 0 Å². The Hall–Kier alpha value is -1.75. The lowest BCUT2D eigenvalue weighted by Crippen LogP contribution is -2.46. The van der Waals surface area contributed by atoms with Crippen molar-refractivity contribution in [3.05, 3.63) is 46.7 Å². The van der Waals surface area contributed by atoms with Crippen LogP contribution in [0.4, 0.5) is 9.52 Å². The first kappa shape index (κ1) is 16.1. The first-order valence-corrected chi connectivity index (χ1v) is 8.73. The lowest BCUT2D eigenvalue weighted by atomic mass is 9.63. The number of anilines is 1. The molecule has 1 saturated carbocycles. The standard InChI is InChI=1S/C18H21FN2OS/c1-17(2,3)14-11-23-16(20-14)21-15(22)18(9-6-10-18)12-7-4-5-8-13(12)19/h4-5,7-8,11H,6,9-10H2,1-3H3,(H,20,21,22). The average Bonchev–Trinajstić information content (AvgIpc) is 2.88. The molecule has 3 nitrogen and oxygen atoms in total. The topological polar surface area (TPSA) is 42.0 Å². The smallest absolute Gasteiger partial charge is 0.236 e. The van der Waals surface area contributed by atoms with Gasteiger partial charge in [-0.25, -0.2) is 9.37 Å². The second-order valence-electron chi connectivity index (χ2n) is 7.16. The van der Waals surface area contributed by atoms with Gasteiger partial charge < -0.3 is 5.32 Å². The fourth-order valence-corrected chi connectivity index (χ4v) is 3.82. The Morgan fingerprint density at radius 3 is 2.52 bits per heavy atom. The predicted molar refractivity (Wildman–Crippen MR) is 91.4 cm³/mol. The minimum absolute atomic E-state index is 0.0564. The van der Waals surface area contributed by atoms with Crippen LogP contribution in [0.1, 0.15) is 51.3 Å². The van der Waals surface area contributed by atoms with Crippen LogP contribution in [0.25, 0.3) is 0 Å². The largest absolute Gasteiger partial charge is 0.301 e. The van der Waals surface area contributed by atoms with Crippen LogP contribution in [-0.2, 0) is 15.6 Å². The molecule has 23 heavy (non-hydrogen) atoms. The quantitative estimate of drug-likeness (QED) is 0.889. The van der Waals surface area contributed by atoms with Gasteiger partial charge in [-0.05, 0) is 18.9 Å². The van der Waals surface area contributed by atoms with Crippen LogP contribution in [0.15, 0.2) is 29.6 Å². The number of carbonyl (C=O) groups excluding carboxylic acids is 1. The molecule has 5 heteroatoms. The normalized spacial score (nSPS) is 16.7. The average molecular weight is 332 g/mol. The highest BCUT2D eigenvalue weighted by atomic mass is 32.1. The molecular weight excluding hydrogens is 311 g/mol. The van der Waals surface area contributed by atoms with E-state index in [0.717, 1.165) is 12.1 Å². The molecule has 1 aromatic carbocycles. The Morgan fingerprint density at radius 1 is 1.30 bits per heavy atom. The maximum atomic E-state index is 14.2. The number of rotatable bonds is 3. The van der Waals surface area contributed by atoms with Crippen LogP contribution >= 0.6 is 11.3 Å². The zero-order valence-electron chi connectivity index (χ0n) is 13.6. The lowest BCUT2D eigenvalue weighted by molar-refractivity contribution is -0.124. The molecule has 0 radical (unpaired) electrons. The minimum Gasteiger partial charge on any atom is -0.301 e. The van der Waals surface area contributed by atoms with Gasteiger partial charge in [0.25, 0.3) is 0 Å². The first-order valence-electron chi connectivity index (χ1n) is 7.85. The van der Waals surface area contributed by atoms with E-state index in [2.05, 4.69) is 31.1 Å². The summed E-state index contributed by atoms with van der Waals surface area (Å²) in [6.45, 7) is 6.25. The molecular formula is C18H21FN2OS. The first-order chi connectivity index (χ1) is 10.8. The summed E-state index contributed by atoms with van der Waals surface area (Å²) in [5, 5.41) is 5.45. The van der Waals surface area contributed by atoms with Crippen molar-refractivity contribution in [3.63, 3.8) is 0 Å². The number of hydrogen-bond donors (Lipinski definition) is 1. The monoisotopic (exact) mass is 332 g/mol. The zero-order valence-corrected chi connectivity index (χ0v) is 14.5. The molecule has 0 bridgehead atoms. The van der Waals surface area contributed by atoms with E-state index in [-0.39, 0.29) is 17.1 Å².